The van der Waals surface area contributed by atoms with Gasteiger partial charge in [-0.15, -0.1) is 0 Å². The smallest absolute Gasteiger partial charge is 0.338 e. The third kappa shape index (κ3) is 4.64. The molecule has 2 rings (SSSR count). The van der Waals surface area contributed by atoms with Crippen LogP contribution in [0.2, 0.25) is 10.0 Å². The molecule has 0 aliphatic carbocycles. The molecule has 0 fully saturated rings. The third-order valence-electron chi connectivity index (χ3n) is 3.97. The molecule has 1 unspecified atom stereocenters. The van der Waals surface area contributed by atoms with Crippen molar-refractivity contribution in [3.63, 3.8) is 0 Å². The zero-order valence-electron chi connectivity index (χ0n) is 16.3. The minimum absolute atomic E-state index is 0.179. The Morgan fingerprint density at radius 2 is 1.79 bits per heavy atom. The summed E-state index contributed by atoms with van der Waals surface area (Å²) in [5, 5.41) is 5.75. The van der Waals surface area contributed by atoms with Crippen molar-refractivity contribution < 1.29 is 23.8 Å². The number of nitrogens with one attached hydrogen (secondary N) is 2. The largest absolute Gasteiger partial charge is 0.492 e. The predicted octanol–water partition coefficient (Wildman–Crippen LogP) is 4.37. The van der Waals surface area contributed by atoms with Gasteiger partial charge in [0.15, 0.2) is 5.75 Å². The second-order valence-electron chi connectivity index (χ2n) is 5.99. The lowest BCUT2D eigenvalue weighted by molar-refractivity contribution is -0.139. The molecule has 1 heterocycles. The maximum Gasteiger partial charge on any atom is 0.338 e. The number of halogens is 2. The van der Waals surface area contributed by atoms with Crippen LogP contribution in [0.15, 0.2) is 17.3 Å². The van der Waals surface area contributed by atoms with Crippen LogP contribution < -0.4 is 20.1 Å². The lowest BCUT2D eigenvalue weighted by atomic mass is 9.94. The molecule has 9 heteroatoms. The van der Waals surface area contributed by atoms with E-state index in [0.29, 0.717) is 30.9 Å². The summed E-state index contributed by atoms with van der Waals surface area (Å²) in [5.41, 5.74) is 1.08. The van der Waals surface area contributed by atoms with Gasteiger partial charge in [0.1, 0.15) is 10.8 Å². The first-order valence-electron chi connectivity index (χ1n) is 9.08. The number of esters is 1. The van der Waals surface area contributed by atoms with Crippen LogP contribution in [-0.2, 0) is 9.53 Å². The van der Waals surface area contributed by atoms with E-state index in [0.717, 1.165) is 0 Å². The maximum atomic E-state index is 12.7. The number of urea groups is 1. The van der Waals surface area contributed by atoms with E-state index in [1.165, 1.54) is 0 Å². The highest BCUT2D eigenvalue weighted by atomic mass is 35.5. The highest BCUT2D eigenvalue weighted by molar-refractivity contribution is 6.38. The average Bonchev–Trinajstić information content (AvgIpc) is 2.64. The van der Waals surface area contributed by atoms with Gasteiger partial charge in [-0.05, 0) is 33.3 Å². The molecule has 0 bridgehead atoms. The summed E-state index contributed by atoms with van der Waals surface area (Å²) in [6, 6.07) is 0.281. The topological polar surface area (TPSA) is 85.9 Å². The van der Waals surface area contributed by atoms with Crippen LogP contribution in [0.1, 0.15) is 45.7 Å². The van der Waals surface area contributed by atoms with Crippen LogP contribution in [-0.4, -0.2) is 31.8 Å². The standard InChI is InChI=1S/C19H24Cl2N2O5/c1-5-8-28-18(24)13-10(4)22-19(25)23-15(13)11-9-12(20)17(27-7-3)14(21)16(11)26-6-2/h9,15H,5-8H2,1-4H3,(H2,22,23,25). The summed E-state index contributed by atoms with van der Waals surface area (Å²) < 4.78 is 16.5. The van der Waals surface area contributed by atoms with Gasteiger partial charge in [0.25, 0.3) is 0 Å². The monoisotopic (exact) mass is 430 g/mol. The molecule has 0 radical (unpaired) electrons. The van der Waals surface area contributed by atoms with E-state index in [-0.39, 0.29) is 33.7 Å². The molecule has 1 aromatic rings. The van der Waals surface area contributed by atoms with Crippen LogP contribution in [0.25, 0.3) is 0 Å². The van der Waals surface area contributed by atoms with E-state index in [1.807, 2.05) is 13.8 Å². The van der Waals surface area contributed by atoms with Gasteiger partial charge in [-0.25, -0.2) is 9.59 Å². The molecule has 154 valence electrons. The van der Waals surface area contributed by atoms with Crippen LogP contribution >= 0.6 is 23.2 Å². The summed E-state index contributed by atoms with van der Waals surface area (Å²) in [6.45, 7) is 8.08. The molecule has 1 aliphatic heterocycles. The molecule has 0 aromatic heterocycles. The van der Waals surface area contributed by atoms with Crippen molar-refractivity contribution in [2.75, 3.05) is 19.8 Å². The van der Waals surface area contributed by atoms with Crippen molar-refractivity contribution in [2.45, 2.75) is 40.2 Å². The number of benzene rings is 1. The Morgan fingerprint density at radius 1 is 1.14 bits per heavy atom. The van der Waals surface area contributed by atoms with Gasteiger partial charge in [0.2, 0.25) is 0 Å². The molecular formula is C19H24Cl2N2O5. The zero-order chi connectivity index (χ0) is 20.8. The summed E-state index contributed by atoms with van der Waals surface area (Å²) in [6.07, 6.45) is 0.674. The Labute approximate surface area is 174 Å². The summed E-state index contributed by atoms with van der Waals surface area (Å²) in [7, 11) is 0. The summed E-state index contributed by atoms with van der Waals surface area (Å²) in [5.74, 6) is 0.0346. The zero-order valence-corrected chi connectivity index (χ0v) is 17.8. The van der Waals surface area contributed by atoms with Crippen molar-refractivity contribution in [3.05, 3.63) is 32.9 Å². The van der Waals surface area contributed by atoms with Gasteiger partial charge in [-0.1, -0.05) is 30.1 Å². The maximum absolute atomic E-state index is 12.7. The molecule has 0 spiro atoms. The fourth-order valence-electron chi connectivity index (χ4n) is 2.85. The predicted molar refractivity (Wildman–Crippen MR) is 107 cm³/mol. The Bertz CT molecular complexity index is 795. The van der Waals surface area contributed by atoms with Crippen molar-refractivity contribution in [2.24, 2.45) is 0 Å². The minimum Gasteiger partial charge on any atom is -0.492 e. The molecule has 2 N–H and O–H groups in total. The fourth-order valence-corrected chi connectivity index (χ4v) is 3.49. The number of rotatable bonds is 8. The van der Waals surface area contributed by atoms with Crippen LogP contribution in [0.3, 0.4) is 0 Å². The molecule has 2 amide bonds. The SMILES string of the molecule is CCCOC(=O)C1=C(C)NC(=O)NC1c1cc(Cl)c(OCC)c(Cl)c1OCC. The number of hydrogen-bond acceptors (Lipinski definition) is 5. The van der Waals surface area contributed by atoms with Gasteiger partial charge in [-0.2, -0.15) is 0 Å². The summed E-state index contributed by atoms with van der Waals surface area (Å²) in [4.78, 5) is 24.8. The molecule has 28 heavy (non-hydrogen) atoms. The Morgan fingerprint density at radius 3 is 2.39 bits per heavy atom. The first kappa shape index (κ1) is 22.2. The van der Waals surface area contributed by atoms with Crippen molar-refractivity contribution in [1.82, 2.24) is 10.6 Å². The molecule has 0 saturated carbocycles. The van der Waals surface area contributed by atoms with Crippen LogP contribution in [0.5, 0.6) is 11.5 Å². The first-order chi connectivity index (χ1) is 13.3. The second kappa shape index (κ2) is 9.89. The number of ether oxygens (including phenoxy) is 3. The number of amides is 2. The number of carbonyl (C=O) groups excluding carboxylic acids is 2. The molecule has 1 aromatic carbocycles. The third-order valence-corrected chi connectivity index (χ3v) is 4.60. The first-order valence-corrected chi connectivity index (χ1v) is 9.84. The van der Waals surface area contributed by atoms with Gasteiger partial charge in [-0.3, -0.25) is 0 Å². The summed E-state index contributed by atoms with van der Waals surface area (Å²) >= 11 is 12.8. The Hall–Kier alpha value is -2.12. The average molecular weight is 431 g/mol. The van der Waals surface area contributed by atoms with Gasteiger partial charge >= 0.3 is 12.0 Å². The van der Waals surface area contributed by atoms with Crippen molar-refractivity contribution >= 4 is 35.2 Å². The normalized spacial score (nSPS) is 16.4. The lowest BCUT2D eigenvalue weighted by Crippen LogP contribution is -2.45. The van der Waals surface area contributed by atoms with E-state index >= 15 is 0 Å². The van der Waals surface area contributed by atoms with Gasteiger partial charge in [0.05, 0.1) is 36.5 Å². The van der Waals surface area contributed by atoms with E-state index in [9.17, 15) is 9.59 Å². The molecular weight excluding hydrogens is 407 g/mol. The highest BCUT2D eigenvalue weighted by Crippen LogP contribution is 2.46. The van der Waals surface area contributed by atoms with Crippen molar-refractivity contribution in [1.29, 1.82) is 0 Å². The van der Waals surface area contributed by atoms with Crippen molar-refractivity contribution in [3.8, 4) is 11.5 Å². The molecule has 1 aliphatic rings. The molecule has 1 atom stereocenters. The number of carbonyl (C=O) groups is 2. The fraction of sp³-hybridized carbons (Fsp3) is 0.474. The number of hydrogen-bond donors (Lipinski definition) is 2. The van der Waals surface area contributed by atoms with E-state index < -0.39 is 18.0 Å². The lowest BCUT2D eigenvalue weighted by Gasteiger charge is -2.30. The second-order valence-corrected chi connectivity index (χ2v) is 6.78. The van der Waals surface area contributed by atoms with E-state index in [2.05, 4.69) is 10.6 Å². The number of allylic oxidation sites excluding steroid dienone is 1. The van der Waals surface area contributed by atoms with E-state index in [1.54, 1.807) is 19.9 Å². The van der Waals surface area contributed by atoms with Crippen LogP contribution in [0, 0.1) is 0 Å². The van der Waals surface area contributed by atoms with E-state index in [4.69, 9.17) is 37.4 Å². The quantitative estimate of drug-likeness (QED) is 0.597. The van der Waals surface area contributed by atoms with Gasteiger partial charge < -0.3 is 24.8 Å². The molecule has 0 saturated heterocycles. The van der Waals surface area contributed by atoms with Gasteiger partial charge in [0, 0.05) is 11.3 Å². The highest BCUT2D eigenvalue weighted by Gasteiger charge is 2.35. The Balaban J connectivity index is 2.63. The Kier molecular flexibility index (Phi) is 7.83. The minimum atomic E-state index is -0.842. The molecule has 7 nitrogen and oxygen atoms in total. The van der Waals surface area contributed by atoms with Crippen LogP contribution in [0.4, 0.5) is 4.79 Å².